The molecule has 1 aromatic rings. The van der Waals surface area contributed by atoms with Crippen LogP contribution in [0.3, 0.4) is 0 Å². The molecule has 138 valence electrons. The number of hydrogen-bond donors (Lipinski definition) is 2. The fourth-order valence-electron chi connectivity index (χ4n) is 3.14. The topological polar surface area (TPSA) is 84.9 Å². The Morgan fingerprint density at radius 1 is 1.28 bits per heavy atom. The average molecular weight is 349 g/mol. The standard InChI is InChI=1S/C19H27NO5/c1-13(25-12-14-7-6-8-15(11-14)24-2)18(21)20-17-10-5-3-4-9-16(17)19(22)23/h6-8,11,13,16-17H,3-5,9-10,12H2,1-2H3,(H,20,21)(H,22,23)/t13?,16-,17+/m1/s1. The predicted molar refractivity (Wildman–Crippen MR) is 93.4 cm³/mol. The molecular weight excluding hydrogens is 322 g/mol. The maximum absolute atomic E-state index is 12.4. The number of carboxylic acid groups (broad SMARTS) is 1. The number of aliphatic carboxylic acids is 1. The SMILES string of the molecule is COc1cccc(COC(C)C(=O)N[C@H]2CCCCC[C@H]2C(=O)O)c1. The molecule has 0 radical (unpaired) electrons. The summed E-state index contributed by atoms with van der Waals surface area (Å²) in [6.45, 7) is 1.97. The molecule has 25 heavy (non-hydrogen) atoms. The van der Waals surface area contributed by atoms with Gasteiger partial charge < -0.3 is 19.9 Å². The lowest BCUT2D eigenvalue weighted by atomic mass is 9.94. The summed E-state index contributed by atoms with van der Waals surface area (Å²) in [4.78, 5) is 23.8. The number of hydrogen-bond acceptors (Lipinski definition) is 4. The minimum atomic E-state index is -0.836. The number of ether oxygens (including phenoxy) is 2. The van der Waals surface area contributed by atoms with Crippen molar-refractivity contribution < 1.29 is 24.2 Å². The number of carbonyl (C=O) groups excluding carboxylic acids is 1. The first-order chi connectivity index (χ1) is 12.0. The molecule has 1 aliphatic rings. The van der Waals surface area contributed by atoms with Crippen LogP contribution in [0.2, 0.25) is 0 Å². The summed E-state index contributed by atoms with van der Waals surface area (Å²) in [5.41, 5.74) is 0.914. The van der Waals surface area contributed by atoms with Crippen molar-refractivity contribution in [2.75, 3.05) is 7.11 Å². The lowest BCUT2D eigenvalue weighted by Gasteiger charge is -2.24. The summed E-state index contributed by atoms with van der Waals surface area (Å²) >= 11 is 0. The van der Waals surface area contributed by atoms with Gasteiger partial charge in [-0.05, 0) is 37.5 Å². The zero-order valence-electron chi connectivity index (χ0n) is 14.9. The first kappa shape index (κ1) is 19.2. The van der Waals surface area contributed by atoms with E-state index in [0.29, 0.717) is 19.4 Å². The van der Waals surface area contributed by atoms with Crippen molar-refractivity contribution in [3.05, 3.63) is 29.8 Å². The smallest absolute Gasteiger partial charge is 0.308 e. The number of carbonyl (C=O) groups is 2. The summed E-state index contributed by atoms with van der Waals surface area (Å²) in [6, 6.07) is 7.15. The minimum Gasteiger partial charge on any atom is -0.497 e. The van der Waals surface area contributed by atoms with E-state index in [1.165, 1.54) is 0 Å². The van der Waals surface area contributed by atoms with Gasteiger partial charge in [0.25, 0.3) is 0 Å². The zero-order valence-corrected chi connectivity index (χ0v) is 14.9. The molecule has 6 nitrogen and oxygen atoms in total. The third kappa shape index (κ3) is 5.74. The number of carboxylic acids is 1. The van der Waals surface area contributed by atoms with E-state index in [-0.39, 0.29) is 11.9 Å². The first-order valence-electron chi connectivity index (χ1n) is 8.79. The molecule has 1 fully saturated rings. The number of methoxy groups -OCH3 is 1. The van der Waals surface area contributed by atoms with Gasteiger partial charge >= 0.3 is 5.97 Å². The average Bonchev–Trinajstić information content (AvgIpc) is 2.85. The van der Waals surface area contributed by atoms with E-state index in [2.05, 4.69) is 5.32 Å². The summed E-state index contributed by atoms with van der Waals surface area (Å²) in [5.74, 6) is -0.879. The fourth-order valence-corrected chi connectivity index (χ4v) is 3.14. The van der Waals surface area contributed by atoms with E-state index >= 15 is 0 Å². The Labute approximate surface area is 148 Å². The van der Waals surface area contributed by atoms with Crippen molar-refractivity contribution in [1.82, 2.24) is 5.32 Å². The third-order valence-electron chi connectivity index (χ3n) is 4.66. The molecular formula is C19H27NO5. The van der Waals surface area contributed by atoms with Crippen molar-refractivity contribution in [1.29, 1.82) is 0 Å². The lowest BCUT2D eigenvalue weighted by Crippen LogP contribution is -2.46. The molecule has 0 bridgehead atoms. The van der Waals surface area contributed by atoms with Crippen LogP contribution in [-0.2, 0) is 20.9 Å². The molecule has 1 saturated carbocycles. The second kappa shape index (κ2) is 9.42. The minimum absolute atomic E-state index is 0.263. The van der Waals surface area contributed by atoms with E-state index in [1.54, 1.807) is 14.0 Å². The molecule has 1 aromatic carbocycles. The third-order valence-corrected chi connectivity index (χ3v) is 4.66. The van der Waals surface area contributed by atoms with Crippen LogP contribution in [0.15, 0.2) is 24.3 Å². The molecule has 0 aliphatic heterocycles. The van der Waals surface area contributed by atoms with Gasteiger partial charge in [0.1, 0.15) is 11.9 Å². The Kier molecular flexibility index (Phi) is 7.25. The summed E-state index contributed by atoms with van der Waals surface area (Å²) in [6.07, 6.45) is 3.51. The molecule has 0 heterocycles. The van der Waals surface area contributed by atoms with Crippen LogP contribution in [-0.4, -0.2) is 36.2 Å². The van der Waals surface area contributed by atoms with Gasteiger partial charge in [0.15, 0.2) is 0 Å². The van der Waals surface area contributed by atoms with Crippen LogP contribution in [0.5, 0.6) is 5.75 Å². The number of benzene rings is 1. The van der Waals surface area contributed by atoms with Crippen LogP contribution < -0.4 is 10.1 Å². The van der Waals surface area contributed by atoms with E-state index in [1.807, 2.05) is 24.3 Å². The van der Waals surface area contributed by atoms with E-state index in [9.17, 15) is 14.7 Å². The van der Waals surface area contributed by atoms with E-state index in [4.69, 9.17) is 9.47 Å². The Bertz CT molecular complexity index is 589. The maximum atomic E-state index is 12.4. The van der Waals surface area contributed by atoms with E-state index < -0.39 is 18.0 Å². The molecule has 1 aliphatic carbocycles. The van der Waals surface area contributed by atoms with Crippen LogP contribution in [0.1, 0.15) is 44.6 Å². The first-order valence-corrected chi connectivity index (χ1v) is 8.79. The van der Waals surface area contributed by atoms with Gasteiger partial charge in [-0.15, -0.1) is 0 Å². The monoisotopic (exact) mass is 349 g/mol. The summed E-state index contributed by atoms with van der Waals surface area (Å²) < 4.78 is 10.8. The van der Waals surface area contributed by atoms with Gasteiger partial charge in [0.2, 0.25) is 5.91 Å². The van der Waals surface area contributed by atoms with Crippen LogP contribution in [0.25, 0.3) is 0 Å². The number of nitrogens with one attached hydrogen (secondary N) is 1. The highest BCUT2D eigenvalue weighted by atomic mass is 16.5. The Morgan fingerprint density at radius 3 is 2.76 bits per heavy atom. The highest BCUT2D eigenvalue weighted by Crippen LogP contribution is 2.24. The Hall–Kier alpha value is -2.08. The quantitative estimate of drug-likeness (QED) is 0.740. The molecule has 3 atom stereocenters. The number of rotatable bonds is 7. The molecule has 6 heteroatoms. The van der Waals surface area contributed by atoms with E-state index in [0.717, 1.165) is 30.6 Å². The zero-order chi connectivity index (χ0) is 18.2. The molecule has 1 amide bonds. The summed E-state index contributed by atoms with van der Waals surface area (Å²) in [7, 11) is 1.60. The van der Waals surface area contributed by atoms with Crippen molar-refractivity contribution in [2.45, 2.75) is 57.8 Å². The number of amides is 1. The molecule has 2 rings (SSSR count). The highest BCUT2D eigenvalue weighted by molar-refractivity contribution is 5.81. The van der Waals surface area contributed by atoms with Crippen molar-refractivity contribution in [2.24, 2.45) is 5.92 Å². The highest BCUT2D eigenvalue weighted by Gasteiger charge is 2.31. The van der Waals surface area contributed by atoms with Crippen molar-refractivity contribution in [3.8, 4) is 5.75 Å². The van der Waals surface area contributed by atoms with Crippen LogP contribution in [0, 0.1) is 5.92 Å². The van der Waals surface area contributed by atoms with Crippen molar-refractivity contribution >= 4 is 11.9 Å². The molecule has 0 spiro atoms. The predicted octanol–water partition coefficient (Wildman–Crippen LogP) is 2.75. The second-order valence-corrected chi connectivity index (χ2v) is 6.50. The molecule has 1 unspecified atom stereocenters. The molecule has 0 aromatic heterocycles. The molecule has 2 N–H and O–H groups in total. The second-order valence-electron chi connectivity index (χ2n) is 6.50. The van der Waals surface area contributed by atoms with Gasteiger partial charge in [-0.2, -0.15) is 0 Å². The van der Waals surface area contributed by atoms with Crippen LogP contribution in [0.4, 0.5) is 0 Å². The van der Waals surface area contributed by atoms with Gasteiger partial charge in [-0.25, -0.2) is 0 Å². The van der Waals surface area contributed by atoms with Gasteiger partial charge in [-0.1, -0.05) is 31.4 Å². The lowest BCUT2D eigenvalue weighted by molar-refractivity contribution is -0.144. The van der Waals surface area contributed by atoms with Gasteiger partial charge in [-0.3, -0.25) is 9.59 Å². The maximum Gasteiger partial charge on any atom is 0.308 e. The fraction of sp³-hybridized carbons (Fsp3) is 0.579. The Balaban J connectivity index is 1.88. The van der Waals surface area contributed by atoms with Gasteiger partial charge in [0, 0.05) is 6.04 Å². The summed E-state index contributed by atoms with van der Waals surface area (Å²) in [5, 5.41) is 12.3. The van der Waals surface area contributed by atoms with Gasteiger partial charge in [0.05, 0.1) is 19.6 Å². The normalized spacial score (nSPS) is 21.8. The van der Waals surface area contributed by atoms with Crippen LogP contribution >= 0.6 is 0 Å². The largest absolute Gasteiger partial charge is 0.497 e. The molecule has 0 saturated heterocycles. The Morgan fingerprint density at radius 2 is 2.04 bits per heavy atom. The van der Waals surface area contributed by atoms with Crippen molar-refractivity contribution in [3.63, 3.8) is 0 Å².